The molecule has 0 amide bonds. The third-order valence-electron chi connectivity index (χ3n) is 4.12. The zero-order valence-corrected chi connectivity index (χ0v) is 13.4. The molecule has 1 aromatic carbocycles. The lowest BCUT2D eigenvalue weighted by Gasteiger charge is -2.35. The Morgan fingerprint density at radius 2 is 1.81 bits per heavy atom. The van der Waals surface area contributed by atoms with Crippen molar-refractivity contribution in [2.75, 3.05) is 11.9 Å². The van der Waals surface area contributed by atoms with E-state index in [-0.39, 0.29) is 5.97 Å². The van der Waals surface area contributed by atoms with Gasteiger partial charge in [0.05, 0.1) is 17.3 Å². The Balaban J connectivity index is 2.25. The smallest absolute Gasteiger partial charge is 0.331 e. The van der Waals surface area contributed by atoms with Crippen LogP contribution in [0.1, 0.15) is 51.9 Å². The average Bonchev–Trinajstić information content (AvgIpc) is 2.44. The molecule has 2 rings (SSSR count). The fraction of sp³-hybridized carbons (Fsp3) is 0.588. The molecule has 1 fully saturated rings. The first kappa shape index (κ1) is 16.2. The number of ether oxygens (including phenoxy) is 1. The summed E-state index contributed by atoms with van der Waals surface area (Å²) in [7, 11) is 0. The Morgan fingerprint density at radius 1 is 1.19 bits per heavy atom. The van der Waals surface area contributed by atoms with Crippen molar-refractivity contribution in [2.24, 2.45) is 0 Å². The lowest BCUT2D eigenvalue weighted by molar-refractivity contribution is -0.149. The highest BCUT2D eigenvalue weighted by Gasteiger charge is 2.39. The van der Waals surface area contributed by atoms with Gasteiger partial charge < -0.3 is 10.1 Å². The predicted octanol–water partition coefficient (Wildman–Crippen LogP) is 4.80. The van der Waals surface area contributed by atoms with Gasteiger partial charge in [-0.2, -0.15) is 0 Å². The molecule has 0 atom stereocenters. The summed E-state index contributed by atoms with van der Waals surface area (Å²) in [5.41, 5.74) is 0.175. The van der Waals surface area contributed by atoms with Gasteiger partial charge >= 0.3 is 5.97 Å². The third-order valence-corrected chi connectivity index (χ3v) is 4.45. The van der Waals surface area contributed by atoms with Crippen LogP contribution in [-0.2, 0) is 9.53 Å². The summed E-state index contributed by atoms with van der Waals surface area (Å²) in [6.45, 7) is 2.26. The largest absolute Gasteiger partial charge is 0.464 e. The fourth-order valence-electron chi connectivity index (χ4n) is 2.98. The van der Waals surface area contributed by atoms with E-state index in [1.807, 2.05) is 31.2 Å². The van der Waals surface area contributed by atoms with Gasteiger partial charge in [-0.25, -0.2) is 4.79 Å². The highest BCUT2D eigenvalue weighted by molar-refractivity contribution is 6.33. The molecular formula is C17H24ClNO2. The molecule has 1 saturated carbocycles. The zero-order valence-electron chi connectivity index (χ0n) is 12.7. The van der Waals surface area contributed by atoms with E-state index in [9.17, 15) is 4.79 Å². The van der Waals surface area contributed by atoms with Crippen LogP contribution in [-0.4, -0.2) is 18.1 Å². The highest BCUT2D eigenvalue weighted by Crippen LogP contribution is 2.33. The lowest BCUT2D eigenvalue weighted by Crippen LogP contribution is -2.48. The molecule has 0 radical (unpaired) electrons. The number of halogens is 1. The van der Waals surface area contributed by atoms with Gasteiger partial charge in [-0.15, -0.1) is 0 Å². The molecule has 116 valence electrons. The SMILES string of the molecule is CCOC(=O)C1(Nc2ccccc2Cl)CCCCCCC1. The van der Waals surface area contributed by atoms with Gasteiger partial charge in [0.25, 0.3) is 0 Å². The van der Waals surface area contributed by atoms with E-state index in [0.717, 1.165) is 31.4 Å². The summed E-state index contributed by atoms with van der Waals surface area (Å²) in [6, 6.07) is 7.58. The monoisotopic (exact) mass is 309 g/mol. The quantitative estimate of drug-likeness (QED) is 0.812. The molecule has 0 aliphatic heterocycles. The van der Waals surface area contributed by atoms with Crippen molar-refractivity contribution < 1.29 is 9.53 Å². The second-order valence-electron chi connectivity index (χ2n) is 5.68. The topological polar surface area (TPSA) is 38.3 Å². The summed E-state index contributed by atoms with van der Waals surface area (Å²) < 4.78 is 5.35. The molecular weight excluding hydrogens is 286 g/mol. The number of nitrogens with one attached hydrogen (secondary N) is 1. The van der Waals surface area contributed by atoms with Crippen LogP contribution in [0, 0.1) is 0 Å². The van der Waals surface area contributed by atoms with Crippen molar-refractivity contribution in [2.45, 2.75) is 57.4 Å². The second kappa shape index (κ2) is 7.69. The first-order valence-electron chi connectivity index (χ1n) is 7.88. The number of carbonyl (C=O) groups is 1. The first-order valence-corrected chi connectivity index (χ1v) is 8.26. The summed E-state index contributed by atoms with van der Waals surface area (Å²) in [4.78, 5) is 12.6. The molecule has 21 heavy (non-hydrogen) atoms. The zero-order chi connectivity index (χ0) is 15.1. The van der Waals surface area contributed by atoms with Gasteiger partial charge in [0.15, 0.2) is 0 Å². The normalized spacial score (nSPS) is 18.4. The molecule has 0 bridgehead atoms. The summed E-state index contributed by atoms with van der Waals surface area (Å²) >= 11 is 6.25. The van der Waals surface area contributed by atoms with Crippen molar-refractivity contribution >= 4 is 23.3 Å². The van der Waals surface area contributed by atoms with Gasteiger partial charge in [0.2, 0.25) is 0 Å². The first-order chi connectivity index (χ1) is 10.2. The van der Waals surface area contributed by atoms with E-state index in [0.29, 0.717) is 11.6 Å². The molecule has 0 heterocycles. The molecule has 1 aromatic rings. The van der Waals surface area contributed by atoms with Crippen molar-refractivity contribution in [3.63, 3.8) is 0 Å². The summed E-state index contributed by atoms with van der Waals surface area (Å²) in [5, 5.41) is 4.05. The minimum atomic E-state index is -0.637. The van der Waals surface area contributed by atoms with Crippen molar-refractivity contribution in [3.8, 4) is 0 Å². The molecule has 0 aromatic heterocycles. The number of para-hydroxylation sites is 1. The molecule has 3 nitrogen and oxygen atoms in total. The van der Waals surface area contributed by atoms with Crippen LogP contribution in [0.4, 0.5) is 5.69 Å². The Kier molecular flexibility index (Phi) is 5.92. The van der Waals surface area contributed by atoms with Crippen LogP contribution < -0.4 is 5.32 Å². The Bertz CT molecular complexity index is 468. The molecule has 0 spiro atoms. The van der Waals surface area contributed by atoms with E-state index in [4.69, 9.17) is 16.3 Å². The van der Waals surface area contributed by atoms with Crippen LogP contribution in [0.25, 0.3) is 0 Å². The van der Waals surface area contributed by atoms with Gasteiger partial charge in [0, 0.05) is 0 Å². The van der Waals surface area contributed by atoms with Gasteiger partial charge in [0.1, 0.15) is 5.54 Å². The van der Waals surface area contributed by atoms with Crippen molar-refractivity contribution in [1.82, 2.24) is 0 Å². The lowest BCUT2D eigenvalue weighted by atomic mass is 9.83. The number of carbonyl (C=O) groups excluding carboxylic acids is 1. The van der Waals surface area contributed by atoms with Gasteiger partial charge in [-0.05, 0) is 31.9 Å². The second-order valence-corrected chi connectivity index (χ2v) is 6.08. The van der Waals surface area contributed by atoms with E-state index < -0.39 is 5.54 Å². The van der Waals surface area contributed by atoms with E-state index in [1.165, 1.54) is 19.3 Å². The van der Waals surface area contributed by atoms with Gasteiger partial charge in [-0.3, -0.25) is 0 Å². The van der Waals surface area contributed by atoms with E-state index in [1.54, 1.807) is 0 Å². The number of anilines is 1. The standard InChI is InChI=1S/C17H24ClNO2/c1-2-21-16(20)17(12-8-4-3-5-9-13-17)19-15-11-7-6-10-14(15)18/h6-7,10-11,19H,2-5,8-9,12-13H2,1H3. The third kappa shape index (κ3) is 4.13. The molecule has 1 aliphatic carbocycles. The van der Waals surface area contributed by atoms with Crippen molar-refractivity contribution in [1.29, 1.82) is 0 Å². The number of hydrogen-bond donors (Lipinski definition) is 1. The number of rotatable bonds is 4. The predicted molar refractivity (Wildman–Crippen MR) is 86.8 cm³/mol. The van der Waals surface area contributed by atoms with Crippen LogP contribution in [0.5, 0.6) is 0 Å². The van der Waals surface area contributed by atoms with E-state index in [2.05, 4.69) is 5.32 Å². The maximum atomic E-state index is 12.6. The number of benzene rings is 1. The fourth-order valence-corrected chi connectivity index (χ4v) is 3.16. The Labute approximate surface area is 132 Å². The van der Waals surface area contributed by atoms with Gasteiger partial charge in [-0.1, -0.05) is 55.8 Å². The summed E-state index contributed by atoms with van der Waals surface area (Å²) in [6.07, 6.45) is 7.28. The Hall–Kier alpha value is -1.22. The van der Waals surface area contributed by atoms with Crippen LogP contribution >= 0.6 is 11.6 Å². The average molecular weight is 310 g/mol. The molecule has 0 unspecified atom stereocenters. The molecule has 1 N–H and O–H groups in total. The summed E-state index contributed by atoms with van der Waals surface area (Å²) in [5.74, 6) is -0.146. The minimum absolute atomic E-state index is 0.146. The van der Waals surface area contributed by atoms with Crippen molar-refractivity contribution in [3.05, 3.63) is 29.3 Å². The molecule has 4 heteroatoms. The van der Waals surface area contributed by atoms with Crippen LogP contribution in [0.2, 0.25) is 5.02 Å². The number of esters is 1. The maximum Gasteiger partial charge on any atom is 0.331 e. The Morgan fingerprint density at radius 3 is 2.43 bits per heavy atom. The number of hydrogen-bond acceptors (Lipinski definition) is 3. The molecule has 0 saturated heterocycles. The highest BCUT2D eigenvalue weighted by atomic mass is 35.5. The van der Waals surface area contributed by atoms with Crippen LogP contribution in [0.15, 0.2) is 24.3 Å². The van der Waals surface area contributed by atoms with E-state index >= 15 is 0 Å². The maximum absolute atomic E-state index is 12.6. The molecule has 1 aliphatic rings. The minimum Gasteiger partial charge on any atom is -0.464 e. The van der Waals surface area contributed by atoms with Crippen LogP contribution in [0.3, 0.4) is 0 Å².